The van der Waals surface area contributed by atoms with Crippen molar-refractivity contribution < 1.29 is 14.4 Å². The van der Waals surface area contributed by atoms with E-state index < -0.39 is 18.1 Å². The fourth-order valence-electron chi connectivity index (χ4n) is 0.844. The molecule has 13 heavy (non-hydrogen) atoms. The van der Waals surface area contributed by atoms with Crippen LogP contribution in [-0.4, -0.2) is 37.6 Å². The van der Waals surface area contributed by atoms with E-state index in [0.29, 0.717) is 0 Å². The van der Waals surface area contributed by atoms with Gasteiger partial charge in [-0.05, 0) is 0 Å². The van der Waals surface area contributed by atoms with Gasteiger partial charge in [-0.15, -0.1) is 0 Å². The molecule has 0 aromatic rings. The molecular weight excluding hydrogens is 176 g/mol. The first-order valence-corrected chi connectivity index (χ1v) is 3.69. The van der Waals surface area contributed by atoms with Crippen LogP contribution in [0.3, 0.4) is 0 Å². The Hall–Kier alpha value is -1.63. The van der Waals surface area contributed by atoms with Crippen LogP contribution in [0.25, 0.3) is 0 Å². The maximum atomic E-state index is 10.9. The fraction of sp³-hybridized carbons (Fsp3) is 0.500. The summed E-state index contributed by atoms with van der Waals surface area (Å²) in [6.07, 6.45) is -0.815. The molecule has 1 fully saturated rings. The minimum absolute atomic E-state index is 0.0190. The van der Waals surface area contributed by atoms with E-state index in [1.54, 1.807) is 0 Å². The lowest BCUT2D eigenvalue weighted by Crippen LogP contribution is -2.47. The lowest BCUT2D eigenvalue weighted by atomic mass is 10.4. The van der Waals surface area contributed by atoms with Gasteiger partial charge in [0.2, 0.25) is 5.91 Å². The van der Waals surface area contributed by atoms with Gasteiger partial charge in [-0.3, -0.25) is 20.2 Å². The van der Waals surface area contributed by atoms with Gasteiger partial charge in [-0.2, -0.15) is 0 Å². The predicted octanol–water partition coefficient (Wildman–Crippen LogP) is -2.51. The molecule has 4 amide bonds. The molecule has 7 nitrogen and oxygen atoms in total. The number of hydrogen-bond donors (Lipinski definition) is 4. The van der Waals surface area contributed by atoms with Gasteiger partial charge in [-0.25, -0.2) is 4.79 Å². The van der Waals surface area contributed by atoms with Crippen LogP contribution >= 0.6 is 0 Å². The molecule has 72 valence electrons. The third-order valence-electron chi connectivity index (χ3n) is 1.52. The number of likely N-dealkylation sites (N-methyl/N-ethyl adjacent to an activating group) is 1. The van der Waals surface area contributed by atoms with Gasteiger partial charge >= 0.3 is 6.03 Å². The van der Waals surface area contributed by atoms with E-state index in [4.69, 9.17) is 0 Å². The zero-order chi connectivity index (χ0) is 9.84. The van der Waals surface area contributed by atoms with Crippen LogP contribution in [0.1, 0.15) is 0 Å². The highest BCUT2D eigenvalue weighted by molar-refractivity contribution is 6.04. The Bertz CT molecular complexity index is 252. The normalized spacial score (nSPS) is 20.8. The fourth-order valence-corrected chi connectivity index (χ4v) is 0.844. The van der Waals surface area contributed by atoms with Crippen LogP contribution in [-0.2, 0) is 9.59 Å². The quantitative estimate of drug-likeness (QED) is 0.366. The largest absolute Gasteiger partial charge is 0.358 e. The number of amides is 4. The molecule has 1 heterocycles. The highest BCUT2D eigenvalue weighted by Gasteiger charge is 2.28. The molecule has 0 aliphatic carbocycles. The van der Waals surface area contributed by atoms with Crippen molar-refractivity contribution in [3.8, 4) is 0 Å². The Morgan fingerprint density at radius 2 is 2.23 bits per heavy atom. The summed E-state index contributed by atoms with van der Waals surface area (Å²) in [5, 5.41) is 9.24. The van der Waals surface area contributed by atoms with Crippen molar-refractivity contribution in [3.63, 3.8) is 0 Å². The zero-order valence-electron chi connectivity index (χ0n) is 7.01. The maximum Gasteiger partial charge on any atom is 0.323 e. The summed E-state index contributed by atoms with van der Waals surface area (Å²) >= 11 is 0. The molecule has 7 heteroatoms. The average molecular weight is 186 g/mol. The molecule has 1 rings (SSSR count). The summed E-state index contributed by atoms with van der Waals surface area (Å²) in [6.45, 7) is -0.0190. The second-order valence-corrected chi connectivity index (χ2v) is 2.45. The van der Waals surface area contributed by atoms with Crippen molar-refractivity contribution in [2.75, 3.05) is 13.6 Å². The molecule has 0 saturated carbocycles. The summed E-state index contributed by atoms with van der Waals surface area (Å²) in [5.41, 5.74) is 0. The first kappa shape index (κ1) is 9.46. The molecule has 1 saturated heterocycles. The van der Waals surface area contributed by atoms with Crippen LogP contribution in [0.2, 0.25) is 0 Å². The number of urea groups is 1. The summed E-state index contributed by atoms with van der Waals surface area (Å²) in [6, 6.07) is -0.556. The monoisotopic (exact) mass is 186 g/mol. The number of imide groups is 1. The van der Waals surface area contributed by atoms with Gasteiger partial charge < -0.3 is 10.6 Å². The Morgan fingerprint density at radius 3 is 2.69 bits per heavy atom. The molecule has 1 atom stereocenters. The maximum absolute atomic E-state index is 10.9. The van der Waals surface area contributed by atoms with Crippen LogP contribution in [0.4, 0.5) is 4.79 Å². The molecule has 1 aliphatic rings. The van der Waals surface area contributed by atoms with Crippen molar-refractivity contribution in [2.45, 2.75) is 6.17 Å². The Kier molecular flexibility index (Phi) is 2.80. The van der Waals surface area contributed by atoms with Crippen molar-refractivity contribution in [3.05, 3.63) is 0 Å². The average Bonchev–Trinajstić information content (AvgIpc) is 2.41. The first-order chi connectivity index (χ1) is 6.13. The van der Waals surface area contributed by atoms with Gasteiger partial charge in [0.05, 0.1) is 6.54 Å². The van der Waals surface area contributed by atoms with E-state index in [9.17, 15) is 14.4 Å². The summed E-state index contributed by atoms with van der Waals surface area (Å²) in [5.74, 6) is -0.733. The SMILES string of the molecule is CNC(=O)CNC1NC(=O)NC1=O. The number of nitrogens with one attached hydrogen (secondary N) is 4. The molecule has 0 radical (unpaired) electrons. The lowest BCUT2D eigenvalue weighted by Gasteiger charge is -2.07. The highest BCUT2D eigenvalue weighted by Crippen LogP contribution is 1.87. The van der Waals surface area contributed by atoms with E-state index in [1.807, 2.05) is 5.32 Å². The van der Waals surface area contributed by atoms with Gasteiger partial charge in [-0.1, -0.05) is 0 Å². The third-order valence-corrected chi connectivity index (χ3v) is 1.52. The third kappa shape index (κ3) is 2.41. The number of rotatable bonds is 3. The van der Waals surface area contributed by atoms with E-state index >= 15 is 0 Å². The second-order valence-electron chi connectivity index (χ2n) is 2.45. The smallest absolute Gasteiger partial charge is 0.323 e. The molecule has 0 bridgehead atoms. The van der Waals surface area contributed by atoms with Gasteiger partial charge in [0.1, 0.15) is 0 Å². The Morgan fingerprint density at radius 1 is 1.54 bits per heavy atom. The zero-order valence-corrected chi connectivity index (χ0v) is 7.01. The lowest BCUT2D eigenvalue weighted by molar-refractivity contribution is -0.122. The van der Waals surface area contributed by atoms with Crippen LogP contribution in [0, 0.1) is 0 Å². The van der Waals surface area contributed by atoms with Crippen molar-refractivity contribution in [2.24, 2.45) is 0 Å². The van der Waals surface area contributed by atoms with Gasteiger partial charge in [0.25, 0.3) is 5.91 Å². The van der Waals surface area contributed by atoms with Crippen molar-refractivity contribution in [1.82, 2.24) is 21.3 Å². The van der Waals surface area contributed by atoms with Crippen molar-refractivity contribution in [1.29, 1.82) is 0 Å². The summed E-state index contributed by atoms with van der Waals surface area (Å²) < 4.78 is 0. The van der Waals surface area contributed by atoms with Crippen molar-refractivity contribution >= 4 is 17.8 Å². The first-order valence-electron chi connectivity index (χ1n) is 3.69. The minimum atomic E-state index is -0.815. The van der Waals surface area contributed by atoms with E-state index in [-0.39, 0.29) is 12.5 Å². The highest BCUT2D eigenvalue weighted by atomic mass is 16.2. The van der Waals surface area contributed by atoms with Crippen LogP contribution < -0.4 is 21.3 Å². The van der Waals surface area contributed by atoms with Crippen LogP contribution in [0.5, 0.6) is 0 Å². The van der Waals surface area contributed by atoms with E-state index in [1.165, 1.54) is 7.05 Å². The molecule has 1 aliphatic heterocycles. The molecule has 4 N–H and O–H groups in total. The van der Waals surface area contributed by atoms with Crippen LogP contribution in [0.15, 0.2) is 0 Å². The number of carbonyl (C=O) groups excluding carboxylic acids is 3. The molecule has 1 unspecified atom stereocenters. The molecule has 0 spiro atoms. The second kappa shape index (κ2) is 3.85. The summed E-state index contributed by atoms with van der Waals surface area (Å²) in [4.78, 5) is 32.2. The minimum Gasteiger partial charge on any atom is -0.358 e. The van der Waals surface area contributed by atoms with E-state index in [2.05, 4.69) is 16.0 Å². The standard InChI is InChI=1S/C6H10N4O3/c1-7-3(11)2-8-4-5(12)10-6(13)9-4/h4,8H,2H2,1H3,(H,7,11)(H2,9,10,12,13). The number of carbonyl (C=O) groups is 3. The summed E-state index contributed by atoms with van der Waals surface area (Å²) in [7, 11) is 1.48. The topological polar surface area (TPSA) is 99.3 Å². The predicted molar refractivity (Wildman–Crippen MR) is 42.5 cm³/mol. The molecule has 0 aromatic carbocycles. The molecule has 0 aromatic heterocycles. The Balaban J connectivity index is 2.33. The van der Waals surface area contributed by atoms with Gasteiger partial charge in [0, 0.05) is 7.05 Å². The van der Waals surface area contributed by atoms with E-state index in [0.717, 1.165) is 0 Å². The Labute approximate surface area is 74.2 Å². The van der Waals surface area contributed by atoms with Gasteiger partial charge in [0.15, 0.2) is 6.17 Å². The number of hydrogen-bond acceptors (Lipinski definition) is 4. The molecular formula is C6H10N4O3.